The third kappa shape index (κ3) is 2.36. The van der Waals surface area contributed by atoms with E-state index in [1.807, 2.05) is 24.3 Å². The highest BCUT2D eigenvalue weighted by Gasteiger charge is 2.26. The highest BCUT2D eigenvalue weighted by atomic mass is 32.1. The summed E-state index contributed by atoms with van der Waals surface area (Å²) in [5.41, 5.74) is 1.35. The molecule has 1 saturated heterocycles. The molecule has 1 unspecified atom stereocenters. The summed E-state index contributed by atoms with van der Waals surface area (Å²) in [5, 5.41) is 10.3. The van der Waals surface area contributed by atoms with Gasteiger partial charge in [-0.15, -0.1) is 0 Å². The van der Waals surface area contributed by atoms with E-state index in [0.29, 0.717) is 12.7 Å². The van der Waals surface area contributed by atoms with E-state index in [1.54, 1.807) is 22.2 Å². The van der Waals surface area contributed by atoms with Crippen LogP contribution in [0.3, 0.4) is 0 Å². The quantitative estimate of drug-likeness (QED) is 0.745. The number of aromatic nitrogens is 2. The van der Waals surface area contributed by atoms with Gasteiger partial charge < -0.3 is 0 Å². The number of nitrogens with zero attached hydrogens (tertiary/aromatic N) is 3. The summed E-state index contributed by atoms with van der Waals surface area (Å²) in [7, 11) is 0. The molecule has 1 aromatic carbocycles. The van der Waals surface area contributed by atoms with E-state index in [4.69, 9.17) is 0 Å². The van der Waals surface area contributed by atoms with Crippen LogP contribution in [0.1, 0.15) is 24.4 Å². The minimum atomic E-state index is -0.00549. The Hall–Kier alpha value is -1.98. The van der Waals surface area contributed by atoms with Gasteiger partial charge in [0.2, 0.25) is 0 Å². The second kappa shape index (κ2) is 5.66. The Morgan fingerprint density at radius 3 is 3.05 bits per heavy atom. The molecule has 112 valence electrons. The van der Waals surface area contributed by atoms with Crippen molar-refractivity contribution in [3.05, 3.63) is 63.2 Å². The Morgan fingerprint density at radius 1 is 1.27 bits per heavy atom. The van der Waals surface area contributed by atoms with Crippen LogP contribution in [0.5, 0.6) is 0 Å². The number of hydrogen-bond donors (Lipinski definition) is 0. The van der Waals surface area contributed by atoms with Gasteiger partial charge in [-0.25, -0.2) is 4.68 Å². The van der Waals surface area contributed by atoms with Gasteiger partial charge in [0, 0.05) is 18.0 Å². The van der Waals surface area contributed by atoms with E-state index in [0.717, 1.165) is 23.7 Å². The first kappa shape index (κ1) is 13.7. The van der Waals surface area contributed by atoms with Crippen molar-refractivity contribution in [3.8, 4) is 0 Å². The molecule has 1 aliphatic heterocycles. The molecule has 5 heteroatoms. The average molecular weight is 311 g/mol. The molecule has 1 aliphatic rings. The SMILES string of the molecule is O=c1c2ccccc2cnn1CN1CCCC1c1ccsc1. The monoisotopic (exact) mass is 311 g/mol. The fourth-order valence-electron chi connectivity index (χ4n) is 3.24. The summed E-state index contributed by atoms with van der Waals surface area (Å²) in [6, 6.07) is 10.2. The van der Waals surface area contributed by atoms with Crippen LogP contribution in [0.15, 0.2) is 52.1 Å². The average Bonchev–Trinajstić information content (AvgIpc) is 3.21. The lowest BCUT2D eigenvalue weighted by Crippen LogP contribution is -2.33. The summed E-state index contributed by atoms with van der Waals surface area (Å²) < 4.78 is 1.59. The van der Waals surface area contributed by atoms with Gasteiger partial charge in [0.05, 0.1) is 18.3 Å². The number of hydrogen-bond acceptors (Lipinski definition) is 4. The molecule has 3 heterocycles. The number of benzene rings is 1. The summed E-state index contributed by atoms with van der Waals surface area (Å²) in [4.78, 5) is 14.9. The third-order valence-electron chi connectivity index (χ3n) is 4.37. The van der Waals surface area contributed by atoms with Crippen LogP contribution >= 0.6 is 11.3 Å². The molecule has 0 aliphatic carbocycles. The standard InChI is InChI=1S/C17H17N3OS/c21-17-15-5-2-1-4-13(15)10-18-20(17)12-19-8-3-6-16(19)14-7-9-22-11-14/h1-2,4-5,7,9-11,16H,3,6,8,12H2. The minimum absolute atomic E-state index is 0.00549. The molecule has 0 amide bonds. The molecule has 0 bridgehead atoms. The second-order valence-corrected chi connectivity index (χ2v) is 6.49. The van der Waals surface area contributed by atoms with Crippen LogP contribution in [0.4, 0.5) is 0 Å². The van der Waals surface area contributed by atoms with E-state index in [2.05, 4.69) is 26.8 Å². The highest BCUT2D eigenvalue weighted by molar-refractivity contribution is 7.07. The van der Waals surface area contributed by atoms with Crippen molar-refractivity contribution >= 4 is 22.1 Å². The molecule has 0 radical (unpaired) electrons. The van der Waals surface area contributed by atoms with E-state index in [-0.39, 0.29) is 5.56 Å². The van der Waals surface area contributed by atoms with E-state index >= 15 is 0 Å². The summed E-state index contributed by atoms with van der Waals surface area (Å²) in [6.45, 7) is 1.58. The summed E-state index contributed by atoms with van der Waals surface area (Å²) in [6.07, 6.45) is 4.11. The van der Waals surface area contributed by atoms with Crippen molar-refractivity contribution < 1.29 is 0 Å². The smallest absolute Gasteiger partial charge is 0.275 e. The largest absolute Gasteiger partial charge is 0.277 e. The Balaban J connectivity index is 1.66. The molecule has 4 rings (SSSR count). The van der Waals surface area contributed by atoms with Gasteiger partial charge in [-0.2, -0.15) is 16.4 Å². The fourth-order valence-corrected chi connectivity index (χ4v) is 3.95. The van der Waals surface area contributed by atoms with Crippen molar-refractivity contribution in [3.63, 3.8) is 0 Å². The molecule has 1 atom stereocenters. The molecule has 3 aromatic rings. The highest BCUT2D eigenvalue weighted by Crippen LogP contribution is 2.33. The fraction of sp³-hybridized carbons (Fsp3) is 0.294. The van der Waals surface area contributed by atoms with Crippen molar-refractivity contribution in [2.45, 2.75) is 25.6 Å². The van der Waals surface area contributed by atoms with Crippen LogP contribution in [0.2, 0.25) is 0 Å². The van der Waals surface area contributed by atoms with E-state index in [9.17, 15) is 4.79 Å². The third-order valence-corrected chi connectivity index (χ3v) is 5.07. The first-order chi connectivity index (χ1) is 10.8. The van der Waals surface area contributed by atoms with Crippen molar-refractivity contribution in [1.29, 1.82) is 0 Å². The lowest BCUT2D eigenvalue weighted by molar-refractivity contribution is 0.188. The normalized spacial score (nSPS) is 19.0. The van der Waals surface area contributed by atoms with Crippen molar-refractivity contribution in [1.82, 2.24) is 14.7 Å². The van der Waals surface area contributed by atoms with Gasteiger partial charge in [0.15, 0.2) is 0 Å². The van der Waals surface area contributed by atoms with Gasteiger partial charge in [0.25, 0.3) is 5.56 Å². The van der Waals surface area contributed by atoms with E-state index < -0.39 is 0 Å². The maximum atomic E-state index is 12.6. The van der Waals surface area contributed by atoms with Gasteiger partial charge in [-0.05, 0) is 41.3 Å². The molecule has 0 spiro atoms. The van der Waals surface area contributed by atoms with Gasteiger partial charge in [-0.3, -0.25) is 9.69 Å². The van der Waals surface area contributed by atoms with Crippen molar-refractivity contribution in [2.24, 2.45) is 0 Å². The second-order valence-electron chi connectivity index (χ2n) is 5.71. The molecule has 0 saturated carbocycles. The zero-order valence-electron chi connectivity index (χ0n) is 12.2. The van der Waals surface area contributed by atoms with Gasteiger partial charge in [-0.1, -0.05) is 18.2 Å². The predicted octanol–water partition coefficient (Wildman–Crippen LogP) is 3.25. The first-order valence-electron chi connectivity index (χ1n) is 7.54. The minimum Gasteiger partial charge on any atom is -0.277 e. The number of fused-ring (bicyclic) bond motifs is 1. The molecule has 22 heavy (non-hydrogen) atoms. The molecular weight excluding hydrogens is 294 g/mol. The predicted molar refractivity (Wildman–Crippen MR) is 89.0 cm³/mol. The Labute approximate surface area is 132 Å². The van der Waals surface area contributed by atoms with Gasteiger partial charge >= 0.3 is 0 Å². The van der Waals surface area contributed by atoms with Crippen LogP contribution in [-0.2, 0) is 6.67 Å². The number of thiophene rings is 1. The first-order valence-corrected chi connectivity index (χ1v) is 8.48. The Kier molecular flexibility index (Phi) is 3.52. The maximum Gasteiger partial charge on any atom is 0.275 e. The topological polar surface area (TPSA) is 38.1 Å². The summed E-state index contributed by atoms with van der Waals surface area (Å²) in [5.74, 6) is 0. The van der Waals surface area contributed by atoms with E-state index in [1.165, 1.54) is 12.0 Å². The zero-order valence-corrected chi connectivity index (χ0v) is 13.0. The Bertz CT molecular complexity index is 840. The maximum absolute atomic E-state index is 12.6. The lowest BCUT2D eigenvalue weighted by atomic mass is 10.1. The molecule has 2 aromatic heterocycles. The molecular formula is C17H17N3OS. The lowest BCUT2D eigenvalue weighted by Gasteiger charge is -2.24. The van der Waals surface area contributed by atoms with Crippen LogP contribution < -0.4 is 5.56 Å². The summed E-state index contributed by atoms with van der Waals surface area (Å²) >= 11 is 1.73. The zero-order chi connectivity index (χ0) is 14.9. The molecule has 4 nitrogen and oxygen atoms in total. The van der Waals surface area contributed by atoms with Gasteiger partial charge in [0.1, 0.15) is 0 Å². The number of likely N-dealkylation sites (tertiary alicyclic amines) is 1. The van der Waals surface area contributed by atoms with Crippen molar-refractivity contribution in [2.75, 3.05) is 6.54 Å². The van der Waals surface area contributed by atoms with Crippen LogP contribution in [0.25, 0.3) is 10.8 Å². The molecule has 0 N–H and O–H groups in total. The molecule has 1 fully saturated rings. The number of rotatable bonds is 3. The Morgan fingerprint density at radius 2 is 2.18 bits per heavy atom. The van der Waals surface area contributed by atoms with Crippen LogP contribution in [0, 0.1) is 0 Å². The van der Waals surface area contributed by atoms with Crippen LogP contribution in [-0.4, -0.2) is 21.2 Å².